The van der Waals surface area contributed by atoms with Crippen molar-refractivity contribution in [3.63, 3.8) is 0 Å². The number of fused-ring (bicyclic) bond motifs is 1. The van der Waals surface area contributed by atoms with Gasteiger partial charge in [-0.05, 0) is 49.8 Å². The summed E-state index contributed by atoms with van der Waals surface area (Å²) < 4.78 is 38.3. The number of nitrogens with one attached hydrogen (secondary N) is 3. The Bertz CT molecular complexity index is 1140. The van der Waals surface area contributed by atoms with Crippen molar-refractivity contribution in [1.29, 1.82) is 0 Å². The number of carbonyl (C=O) groups is 2. The van der Waals surface area contributed by atoms with Gasteiger partial charge in [0, 0.05) is 37.3 Å². The van der Waals surface area contributed by atoms with Crippen LogP contribution in [0.15, 0.2) is 66.7 Å². The number of urea groups is 2. The number of carbonyl (C=O) groups excluding carboxylic acids is 2. The summed E-state index contributed by atoms with van der Waals surface area (Å²) in [7, 11) is 3.73. The van der Waals surface area contributed by atoms with Crippen LogP contribution in [0.4, 0.5) is 34.1 Å². The van der Waals surface area contributed by atoms with E-state index in [0.717, 1.165) is 22.9 Å². The van der Waals surface area contributed by atoms with Crippen LogP contribution in [0.5, 0.6) is 0 Å². The molecular weight excluding hydrogens is 459 g/mol. The summed E-state index contributed by atoms with van der Waals surface area (Å²) in [6.45, 7) is 1.34. The van der Waals surface area contributed by atoms with Crippen molar-refractivity contribution in [2.45, 2.75) is 6.18 Å². The molecule has 0 atom stereocenters. The molecule has 4 amide bonds. The maximum atomic E-state index is 12.8. The van der Waals surface area contributed by atoms with E-state index in [9.17, 15) is 22.8 Å². The highest BCUT2D eigenvalue weighted by molar-refractivity contribution is 6.01. The third kappa shape index (κ3) is 7.61. The summed E-state index contributed by atoms with van der Waals surface area (Å²) in [5.74, 6) is 0. The van der Waals surface area contributed by atoms with Gasteiger partial charge in [-0.2, -0.15) is 13.2 Å². The Balaban J connectivity index is 1.57. The van der Waals surface area contributed by atoms with Gasteiger partial charge in [0.15, 0.2) is 0 Å². The first-order chi connectivity index (χ1) is 16.6. The molecule has 186 valence electrons. The molecule has 35 heavy (non-hydrogen) atoms. The summed E-state index contributed by atoms with van der Waals surface area (Å²) in [4.78, 5) is 28.6. The molecule has 0 aliphatic rings. The molecule has 0 saturated carbocycles. The lowest BCUT2D eigenvalue weighted by Crippen LogP contribution is -2.44. The molecule has 0 aromatic heterocycles. The topological polar surface area (TPSA) is 76.7 Å². The molecule has 0 saturated heterocycles. The number of nitrogens with zero attached hydrogens (tertiary/aromatic N) is 2. The highest BCUT2D eigenvalue weighted by atomic mass is 19.4. The van der Waals surface area contributed by atoms with Gasteiger partial charge in [0.05, 0.1) is 11.3 Å². The predicted octanol–water partition coefficient (Wildman–Crippen LogP) is 5.08. The van der Waals surface area contributed by atoms with Crippen molar-refractivity contribution in [3.05, 3.63) is 72.3 Å². The van der Waals surface area contributed by atoms with Crippen LogP contribution < -0.4 is 16.0 Å². The first kappa shape index (κ1) is 25.8. The van der Waals surface area contributed by atoms with Crippen LogP contribution >= 0.6 is 0 Å². The molecule has 0 fully saturated rings. The average molecular weight is 488 g/mol. The minimum Gasteiger partial charge on any atom is -0.336 e. The number of halogens is 3. The Morgan fingerprint density at radius 2 is 1.51 bits per heavy atom. The minimum absolute atomic E-state index is 0.185. The van der Waals surface area contributed by atoms with Crippen molar-refractivity contribution in [2.75, 3.05) is 50.9 Å². The highest BCUT2D eigenvalue weighted by Gasteiger charge is 2.30. The Labute approximate surface area is 201 Å². The summed E-state index contributed by atoms with van der Waals surface area (Å²) in [5.41, 5.74) is 0.131. The zero-order chi connectivity index (χ0) is 25.4. The number of hydrogen-bond donors (Lipinski definition) is 3. The Morgan fingerprint density at radius 3 is 2.20 bits per heavy atom. The Morgan fingerprint density at radius 1 is 0.829 bits per heavy atom. The fourth-order valence-electron chi connectivity index (χ4n) is 3.39. The monoisotopic (exact) mass is 487 g/mol. The SMILES string of the molecule is CN(C)CCN(CCNC(=O)Nc1cccc2ccccc12)C(=O)Nc1ccc(C(F)(F)F)cc1. The molecule has 0 unspecified atom stereocenters. The zero-order valence-corrected chi connectivity index (χ0v) is 19.5. The molecule has 7 nitrogen and oxygen atoms in total. The molecule has 0 heterocycles. The van der Waals surface area contributed by atoms with Gasteiger partial charge >= 0.3 is 18.2 Å². The zero-order valence-electron chi connectivity index (χ0n) is 19.5. The quantitative estimate of drug-likeness (QED) is 0.415. The molecule has 0 spiro atoms. The first-order valence-electron chi connectivity index (χ1n) is 11.0. The van der Waals surface area contributed by atoms with E-state index in [1.54, 1.807) is 0 Å². The van der Waals surface area contributed by atoms with Gasteiger partial charge in [0.1, 0.15) is 0 Å². The fraction of sp³-hybridized carbons (Fsp3) is 0.280. The first-order valence-corrected chi connectivity index (χ1v) is 11.0. The van der Waals surface area contributed by atoms with Crippen LogP contribution in [0.2, 0.25) is 0 Å². The number of anilines is 2. The molecule has 3 aromatic carbocycles. The van der Waals surface area contributed by atoms with E-state index < -0.39 is 23.8 Å². The number of alkyl halides is 3. The molecule has 10 heteroatoms. The van der Waals surface area contributed by atoms with Gasteiger partial charge in [-0.25, -0.2) is 9.59 Å². The molecule has 0 radical (unpaired) electrons. The van der Waals surface area contributed by atoms with Gasteiger partial charge < -0.3 is 25.8 Å². The molecule has 3 aromatic rings. The second-order valence-electron chi connectivity index (χ2n) is 8.20. The van der Waals surface area contributed by atoms with Gasteiger partial charge in [-0.3, -0.25) is 0 Å². The molecule has 0 aliphatic carbocycles. The average Bonchev–Trinajstić information content (AvgIpc) is 2.81. The number of likely N-dealkylation sites (N-methyl/N-ethyl adjacent to an activating group) is 1. The molecule has 0 bridgehead atoms. The minimum atomic E-state index is -4.45. The smallest absolute Gasteiger partial charge is 0.336 e. The second-order valence-corrected chi connectivity index (χ2v) is 8.20. The van der Waals surface area contributed by atoms with Crippen LogP contribution in [0.1, 0.15) is 5.56 Å². The molecule has 0 aliphatic heterocycles. The number of benzene rings is 3. The summed E-state index contributed by atoms with van der Waals surface area (Å²) in [6, 6.07) is 16.7. The van der Waals surface area contributed by atoms with E-state index in [-0.39, 0.29) is 18.8 Å². The van der Waals surface area contributed by atoms with Crippen LogP contribution in [-0.4, -0.2) is 62.1 Å². The van der Waals surface area contributed by atoms with Crippen LogP contribution in [-0.2, 0) is 6.18 Å². The maximum Gasteiger partial charge on any atom is 0.416 e. The van der Waals surface area contributed by atoms with Crippen LogP contribution in [0, 0.1) is 0 Å². The van der Waals surface area contributed by atoms with E-state index in [2.05, 4.69) is 16.0 Å². The van der Waals surface area contributed by atoms with Gasteiger partial charge in [0.2, 0.25) is 0 Å². The van der Waals surface area contributed by atoms with E-state index in [1.807, 2.05) is 61.5 Å². The summed E-state index contributed by atoms with van der Waals surface area (Å²) >= 11 is 0. The fourth-order valence-corrected chi connectivity index (χ4v) is 3.39. The van der Waals surface area contributed by atoms with E-state index in [1.165, 1.54) is 17.0 Å². The van der Waals surface area contributed by atoms with Crippen molar-refractivity contribution in [1.82, 2.24) is 15.1 Å². The summed E-state index contributed by atoms with van der Waals surface area (Å²) in [5, 5.41) is 10.1. The summed E-state index contributed by atoms with van der Waals surface area (Å²) in [6.07, 6.45) is -4.45. The lowest BCUT2D eigenvalue weighted by molar-refractivity contribution is -0.137. The van der Waals surface area contributed by atoms with Crippen molar-refractivity contribution in [3.8, 4) is 0 Å². The van der Waals surface area contributed by atoms with Crippen LogP contribution in [0.3, 0.4) is 0 Å². The number of rotatable bonds is 8. The van der Waals surface area contributed by atoms with Crippen LogP contribution in [0.25, 0.3) is 10.8 Å². The maximum absolute atomic E-state index is 12.8. The normalized spacial score (nSPS) is 11.4. The van der Waals surface area contributed by atoms with Gasteiger partial charge in [0.25, 0.3) is 0 Å². The standard InChI is InChI=1S/C25H28F3N5O2/c1-32(2)16-17-33(24(35)30-20-12-10-19(11-13-20)25(26,27)28)15-14-29-23(34)31-22-9-5-7-18-6-3-4-8-21(18)22/h3-13H,14-17H2,1-2H3,(H,30,35)(H2,29,31,34). The Kier molecular flexibility index (Phi) is 8.53. The Hall–Kier alpha value is -3.79. The predicted molar refractivity (Wildman–Crippen MR) is 132 cm³/mol. The molecule has 3 N–H and O–H groups in total. The van der Waals surface area contributed by atoms with Crippen molar-refractivity contribution < 1.29 is 22.8 Å². The number of amides is 4. The van der Waals surface area contributed by atoms with Crippen molar-refractivity contribution >= 4 is 34.2 Å². The van der Waals surface area contributed by atoms with E-state index in [4.69, 9.17) is 0 Å². The van der Waals surface area contributed by atoms with E-state index in [0.29, 0.717) is 18.8 Å². The van der Waals surface area contributed by atoms with Gasteiger partial charge in [-0.15, -0.1) is 0 Å². The van der Waals surface area contributed by atoms with Crippen molar-refractivity contribution in [2.24, 2.45) is 0 Å². The molecule has 3 rings (SSSR count). The highest BCUT2D eigenvalue weighted by Crippen LogP contribution is 2.29. The third-order valence-corrected chi connectivity index (χ3v) is 5.27. The third-order valence-electron chi connectivity index (χ3n) is 5.27. The number of hydrogen-bond acceptors (Lipinski definition) is 3. The molecular formula is C25H28F3N5O2. The van der Waals surface area contributed by atoms with E-state index >= 15 is 0 Å². The lowest BCUT2D eigenvalue weighted by atomic mass is 10.1. The lowest BCUT2D eigenvalue weighted by Gasteiger charge is -2.25. The largest absolute Gasteiger partial charge is 0.416 e. The van der Waals surface area contributed by atoms with Gasteiger partial charge in [-0.1, -0.05) is 36.4 Å². The second kappa shape index (κ2) is 11.6.